The molecule has 0 aliphatic rings. The Labute approximate surface area is 144 Å². The monoisotopic (exact) mass is 401 g/mol. The van der Waals surface area contributed by atoms with Gasteiger partial charge < -0.3 is 0 Å². The van der Waals surface area contributed by atoms with Gasteiger partial charge >= 0.3 is 128 Å². The van der Waals surface area contributed by atoms with E-state index in [-0.39, 0.29) is 16.8 Å². The zero-order valence-electron chi connectivity index (χ0n) is 11.4. The topological polar surface area (TPSA) is 0 Å². The molecule has 1 radical (unpaired) electrons. The maximum absolute atomic E-state index is 4.15. The predicted molar refractivity (Wildman–Crippen MR) is 95.5 cm³/mol. The second-order valence-electron chi connectivity index (χ2n) is 4.76. The minimum atomic E-state index is -2.07. The van der Waals surface area contributed by atoms with Crippen LogP contribution in [-0.2, 0) is 16.8 Å². The zero-order chi connectivity index (χ0) is 13.8. The standard InChI is InChI=1S/C18H16BrP.Co/c19-20(16-10-4-1-5-11-16,17-12-6-2-7-13-17)18-14-8-3-9-15-18;/h1-15,20H;. The summed E-state index contributed by atoms with van der Waals surface area (Å²) in [5, 5.41) is 4.12. The molecule has 0 saturated heterocycles. The molecule has 0 aromatic heterocycles. The number of benzene rings is 3. The summed E-state index contributed by atoms with van der Waals surface area (Å²) in [5.74, 6) is -2.07. The smallest absolute Gasteiger partial charge is 0 e. The molecule has 0 heterocycles. The van der Waals surface area contributed by atoms with Crippen LogP contribution in [0, 0.1) is 0 Å². The van der Waals surface area contributed by atoms with E-state index in [1.807, 2.05) is 0 Å². The molecule has 109 valence electrons. The van der Waals surface area contributed by atoms with Gasteiger partial charge in [0, 0.05) is 16.8 Å². The van der Waals surface area contributed by atoms with Gasteiger partial charge in [-0.05, 0) is 0 Å². The van der Waals surface area contributed by atoms with Gasteiger partial charge in [0.05, 0.1) is 0 Å². The summed E-state index contributed by atoms with van der Waals surface area (Å²) in [5.41, 5.74) is 0. The first kappa shape index (κ1) is 16.4. The molecule has 21 heavy (non-hydrogen) atoms. The van der Waals surface area contributed by atoms with E-state index in [1.165, 1.54) is 15.9 Å². The van der Waals surface area contributed by atoms with E-state index in [2.05, 4.69) is 106 Å². The fourth-order valence-corrected chi connectivity index (χ4v) is 7.84. The van der Waals surface area contributed by atoms with Crippen LogP contribution in [0.15, 0.2) is 91.0 Å². The molecular weight excluding hydrogens is 386 g/mol. The van der Waals surface area contributed by atoms with Crippen LogP contribution in [0.4, 0.5) is 0 Å². The Bertz CT molecular complexity index is 575. The second-order valence-corrected chi connectivity index (χ2v) is 11.4. The van der Waals surface area contributed by atoms with E-state index >= 15 is 0 Å². The average Bonchev–Trinajstić information content (AvgIpc) is 2.56. The number of hydrogen-bond acceptors (Lipinski definition) is 0. The summed E-state index contributed by atoms with van der Waals surface area (Å²) in [7, 11) is 0. The predicted octanol–water partition coefficient (Wildman–Crippen LogP) is 4.02. The van der Waals surface area contributed by atoms with Crippen LogP contribution in [0.5, 0.6) is 0 Å². The molecule has 0 nitrogen and oxygen atoms in total. The minimum absolute atomic E-state index is 0. The van der Waals surface area contributed by atoms with Crippen molar-refractivity contribution in [2.24, 2.45) is 0 Å². The minimum Gasteiger partial charge on any atom is 0 e. The summed E-state index contributed by atoms with van der Waals surface area (Å²) in [6, 6.07) is 32.2. The van der Waals surface area contributed by atoms with E-state index in [1.54, 1.807) is 0 Å². The molecule has 0 atom stereocenters. The summed E-state index contributed by atoms with van der Waals surface area (Å²) in [6.07, 6.45) is 0. The van der Waals surface area contributed by atoms with Crippen LogP contribution in [0.2, 0.25) is 0 Å². The fourth-order valence-electron chi connectivity index (χ4n) is 2.50. The molecule has 3 heteroatoms. The van der Waals surface area contributed by atoms with Crippen molar-refractivity contribution < 1.29 is 16.8 Å². The van der Waals surface area contributed by atoms with Crippen molar-refractivity contribution in [3.8, 4) is 0 Å². The van der Waals surface area contributed by atoms with Crippen LogP contribution < -0.4 is 15.9 Å². The summed E-state index contributed by atoms with van der Waals surface area (Å²) in [4.78, 5) is 0. The third-order valence-corrected chi connectivity index (χ3v) is 11.0. The molecule has 0 N–H and O–H groups in total. The van der Waals surface area contributed by atoms with Crippen molar-refractivity contribution in [3.05, 3.63) is 91.0 Å². The van der Waals surface area contributed by atoms with Gasteiger partial charge in [0.1, 0.15) is 0 Å². The van der Waals surface area contributed by atoms with Crippen molar-refractivity contribution in [2.75, 3.05) is 0 Å². The SMILES string of the molecule is Br[PH](c1ccccc1)(c1ccccc1)c1ccccc1.[Co]. The van der Waals surface area contributed by atoms with E-state index < -0.39 is 5.96 Å². The molecule has 3 aromatic carbocycles. The molecule has 0 spiro atoms. The van der Waals surface area contributed by atoms with Gasteiger partial charge in [-0.3, -0.25) is 0 Å². The van der Waals surface area contributed by atoms with Crippen molar-refractivity contribution in [1.82, 2.24) is 0 Å². The molecule has 0 amide bonds. The van der Waals surface area contributed by atoms with Gasteiger partial charge in [0.15, 0.2) is 0 Å². The van der Waals surface area contributed by atoms with E-state index in [0.29, 0.717) is 0 Å². The van der Waals surface area contributed by atoms with Gasteiger partial charge in [-0.2, -0.15) is 0 Å². The normalized spacial score (nSPS) is 11.5. The number of rotatable bonds is 3. The average molecular weight is 402 g/mol. The molecule has 0 aliphatic carbocycles. The number of hydrogen-bond donors (Lipinski definition) is 0. The van der Waals surface area contributed by atoms with Gasteiger partial charge in [-0.1, -0.05) is 0 Å². The van der Waals surface area contributed by atoms with E-state index in [9.17, 15) is 0 Å². The first-order chi connectivity index (χ1) is 9.82. The molecule has 3 aromatic rings. The van der Waals surface area contributed by atoms with Gasteiger partial charge in [0.25, 0.3) is 0 Å². The Balaban J connectivity index is 0.00000161. The summed E-state index contributed by atoms with van der Waals surface area (Å²) < 4.78 is 0. The first-order valence-electron chi connectivity index (χ1n) is 6.67. The summed E-state index contributed by atoms with van der Waals surface area (Å²) >= 11 is 4.15. The van der Waals surface area contributed by atoms with Crippen LogP contribution in [0.25, 0.3) is 0 Å². The Morgan fingerprint density at radius 3 is 0.952 bits per heavy atom. The van der Waals surface area contributed by atoms with Gasteiger partial charge in [-0.25, -0.2) is 0 Å². The molecule has 0 bridgehead atoms. The zero-order valence-corrected chi connectivity index (χ0v) is 15.0. The molecule has 0 saturated carbocycles. The Hall–Kier alpha value is -0.924. The number of halogens is 1. The quantitative estimate of drug-likeness (QED) is 0.581. The Morgan fingerprint density at radius 2 is 0.714 bits per heavy atom. The molecule has 3 rings (SSSR count). The first-order valence-corrected chi connectivity index (χ1v) is 10.9. The van der Waals surface area contributed by atoms with Crippen LogP contribution in [-0.4, -0.2) is 0 Å². The Morgan fingerprint density at radius 1 is 0.476 bits per heavy atom. The van der Waals surface area contributed by atoms with E-state index in [0.717, 1.165) is 0 Å². The van der Waals surface area contributed by atoms with Gasteiger partial charge in [-0.15, -0.1) is 0 Å². The third kappa shape index (κ3) is 3.30. The third-order valence-electron chi connectivity index (χ3n) is 3.51. The van der Waals surface area contributed by atoms with E-state index in [4.69, 9.17) is 0 Å². The van der Waals surface area contributed by atoms with Crippen molar-refractivity contribution in [2.45, 2.75) is 0 Å². The second kappa shape index (κ2) is 7.37. The van der Waals surface area contributed by atoms with Crippen LogP contribution in [0.1, 0.15) is 0 Å². The molecular formula is C18H16BrCoP. The van der Waals surface area contributed by atoms with Crippen molar-refractivity contribution >= 4 is 37.4 Å². The van der Waals surface area contributed by atoms with Gasteiger partial charge in [0.2, 0.25) is 0 Å². The molecule has 0 aliphatic heterocycles. The fraction of sp³-hybridized carbons (Fsp3) is 0. The van der Waals surface area contributed by atoms with Crippen LogP contribution >= 0.6 is 21.5 Å². The Kier molecular flexibility index (Phi) is 5.77. The van der Waals surface area contributed by atoms with Crippen molar-refractivity contribution in [1.29, 1.82) is 0 Å². The maximum Gasteiger partial charge on any atom is 0 e. The van der Waals surface area contributed by atoms with Crippen molar-refractivity contribution in [3.63, 3.8) is 0 Å². The van der Waals surface area contributed by atoms with Crippen LogP contribution in [0.3, 0.4) is 0 Å². The molecule has 0 fully saturated rings. The molecule has 0 unspecified atom stereocenters. The largest absolute Gasteiger partial charge is 0 e. The summed E-state index contributed by atoms with van der Waals surface area (Å²) in [6.45, 7) is 0. The maximum atomic E-state index is 4.15.